The normalized spacial score (nSPS) is 10.9. The summed E-state index contributed by atoms with van der Waals surface area (Å²) in [7, 11) is 2.02. The van der Waals surface area contributed by atoms with Gasteiger partial charge in [0.2, 0.25) is 0 Å². The van der Waals surface area contributed by atoms with E-state index in [4.69, 9.17) is 5.73 Å². The highest BCUT2D eigenvalue weighted by Crippen LogP contribution is 2.10. The molecule has 0 fully saturated rings. The monoisotopic (exact) mass is 237 g/mol. The summed E-state index contributed by atoms with van der Waals surface area (Å²) in [6.45, 7) is 0.852. The second kappa shape index (κ2) is 9.23. The Morgan fingerprint density at radius 1 is 1.00 bits per heavy atom. The van der Waals surface area contributed by atoms with Crippen LogP contribution in [0.1, 0.15) is 57.1 Å². The maximum Gasteiger partial charge on any atom is 0.0492 e. The van der Waals surface area contributed by atoms with Gasteiger partial charge in [0.05, 0.1) is 0 Å². The number of unbranched alkanes of at least 4 members (excludes halogenated alkanes) is 7. The first-order valence-corrected chi connectivity index (χ1v) is 7.01. The topological polar surface area (TPSA) is 43.8 Å². The fourth-order valence-corrected chi connectivity index (χ4v) is 2.16. The summed E-state index contributed by atoms with van der Waals surface area (Å²) >= 11 is 0. The molecule has 0 atom stereocenters. The highest BCUT2D eigenvalue weighted by atomic mass is 15.2. The van der Waals surface area contributed by atoms with Gasteiger partial charge < -0.3 is 5.73 Å². The van der Waals surface area contributed by atoms with Crippen LogP contribution in [0.25, 0.3) is 0 Å². The lowest BCUT2D eigenvalue weighted by Crippen LogP contribution is -1.98. The van der Waals surface area contributed by atoms with Crippen LogP contribution in [0.2, 0.25) is 0 Å². The van der Waals surface area contributed by atoms with Crippen LogP contribution in [-0.4, -0.2) is 16.3 Å². The molecule has 0 bridgehead atoms. The molecule has 0 aliphatic heterocycles. The predicted octanol–water partition coefficient (Wildman–Crippen LogP) is 3.04. The molecule has 98 valence electrons. The molecule has 0 spiro atoms. The molecule has 0 amide bonds. The summed E-state index contributed by atoms with van der Waals surface area (Å²) in [4.78, 5) is 0. The van der Waals surface area contributed by atoms with E-state index >= 15 is 0 Å². The fourth-order valence-electron chi connectivity index (χ4n) is 2.16. The third kappa shape index (κ3) is 6.47. The number of aryl methyl sites for hydroxylation is 2. The zero-order chi connectivity index (χ0) is 12.3. The first-order valence-electron chi connectivity index (χ1n) is 7.01. The van der Waals surface area contributed by atoms with Gasteiger partial charge in [0.15, 0.2) is 0 Å². The molecule has 17 heavy (non-hydrogen) atoms. The Balaban J connectivity index is 1.86. The average molecular weight is 237 g/mol. The lowest BCUT2D eigenvalue weighted by molar-refractivity contribution is 0.563. The Labute approximate surface area is 105 Å². The molecule has 1 rings (SSSR count). The largest absolute Gasteiger partial charge is 0.330 e. The van der Waals surface area contributed by atoms with Crippen LogP contribution in [0, 0.1) is 0 Å². The van der Waals surface area contributed by atoms with Crippen molar-refractivity contribution in [3.8, 4) is 0 Å². The molecule has 0 radical (unpaired) electrons. The van der Waals surface area contributed by atoms with Gasteiger partial charge in [-0.05, 0) is 31.9 Å². The minimum absolute atomic E-state index is 0.852. The first-order chi connectivity index (χ1) is 8.34. The van der Waals surface area contributed by atoms with Gasteiger partial charge in [-0.15, -0.1) is 0 Å². The summed E-state index contributed by atoms with van der Waals surface area (Å²) in [6, 6.07) is 2.12. The van der Waals surface area contributed by atoms with Crippen molar-refractivity contribution >= 4 is 0 Å². The molecule has 2 N–H and O–H groups in total. The summed E-state index contributed by atoms with van der Waals surface area (Å²) in [5.74, 6) is 0. The van der Waals surface area contributed by atoms with Gasteiger partial charge in [-0.1, -0.05) is 38.5 Å². The SMILES string of the molecule is Cn1nccc1CCCCCCCCCCN. The summed E-state index contributed by atoms with van der Waals surface area (Å²) in [6.07, 6.45) is 13.7. The number of hydrogen-bond acceptors (Lipinski definition) is 2. The minimum atomic E-state index is 0.852. The Morgan fingerprint density at radius 3 is 2.12 bits per heavy atom. The van der Waals surface area contributed by atoms with Crippen LogP contribution in [0.15, 0.2) is 12.3 Å². The smallest absolute Gasteiger partial charge is 0.0492 e. The number of hydrogen-bond donors (Lipinski definition) is 1. The standard InChI is InChI=1S/C14H27N3/c1-17-14(11-13-16-17)10-8-6-4-2-3-5-7-9-12-15/h11,13H,2-10,12,15H2,1H3. The van der Waals surface area contributed by atoms with Gasteiger partial charge in [-0.2, -0.15) is 5.10 Å². The van der Waals surface area contributed by atoms with Crippen molar-refractivity contribution in [3.63, 3.8) is 0 Å². The molecule has 1 aromatic heterocycles. The van der Waals surface area contributed by atoms with Gasteiger partial charge in [-0.3, -0.25) is 4.68 Å². The lowest BCUT2D eigenvalue weighted by Gasteiger charge is -2.03. The van der Waals surface area contributed by atoms with Crippen LogP contribution in [0.4, 0.5) is 0 Å². The molecular weight excluding hydrogens is 210 g/mol. The molecule has 1 heterocycles. The second-order valence-corrected chi connectivity index (χ2v) is 4.81. The predicted molar refractivity (Wildman–Crippen MR) is 72.9 cm³/mol. The molecule has 0 saturated carbocycles. The number of nitrogens with two attached hydrogens (primary N) is 1. The Kier molecular flexibility index (Phi) is 7.72. The summed E-state index contributed by atoms with van der Waals surface area (Å²) in [5, 5.41) is 4.18. The van der Waals surface area contributed by atoms with Crippen molar-refractivity contribution in [2.24, 2.45) is 12.8 Å². The Bertz CT molecular complexity index is 281. The van der Waals surface area contributed by atoms with Crippen LogP contribution in [0.3, 0.4) is 0 Å². The quantitative estimate of drug-likeness (QED) is 0.636. The molecule has 0 aromatic carbocycles. The maximum atomic E-state index is 5.46. The number of aromatic nitrogens is 2. The second-order valence-electron chi connectivity index (χ2n) is 4.81. The highest BCUT2D eigenvalue weighted by molar-refractivity contribution is 4.99. The third-order valence-corrected chi connectivity index (χ3v) is 3.31. The summed E-state index contributed by atoms with van der Waals surface area (Å²) < 4.78 is 1.98. The van der Waals surface area contributed by atoms with Crippen molar-refractivity contribution in [1.29, 1.82) is 0 Å². The zero-order valence-electron chi connectivity index (χ0n) is 11.2. The van der Waals surface area contributed by atoms with Crippen molar-refractivity contribution < 1.29 is 0 Å². The average Bonchev–Trinajstić information content (AvgIpc) is 2.73. The van der Waals surface area contributed by atoms with Crippen molar-refractivity contribution in [1.82, 2.24) is 9.78 Å². The van der Waals surface area contributed by atoms with E-state index in [2.05, 4.69) is 11.2 Å². The molecular formula is C14H27N3. The van der Waals surface area contributed by atoms with E-state index < -0.39 is 0 Å². The van der Waals surface area contributed by atoms with Gasteiger partial charge in [0.25, 0.3) is 0 Å². The molecule has 0 unspecified atom stereocenters. The zero-order valence-corrected chi connectivity index (χ0v) is 11.2. The van der Waals surface area contributed by atoms with Crippen LogP contribution in [0.5, 0.6) is 0 Å². The minimum Gasteiger partial charge on any atom is -0.330 e. The maximum absolute atomic E-state index is 5.46. The summed E-state index contributed by atoms with van der Waals surface area (Å²) in [5.41, 5.74) is 6.82. The van der Waals surface area contributed by atoms with Crippen molar-refractivity contribution in [3.05, 3.63) is 18.0 Å². The molecule has 1 aromatic rings. The molecule has 0 saturated heterocycles. The van der Waals surface area contributed by atoms with E-state index in [-0.39, 0.29) is 0 Å². The Morgan fingerprint density at radius 2 is 1.59 bits per heavy atom. The van der Waals surface area contributed by atoms with Crippen LogP contribution < -0.4 is 5.73 Å². The first kappa shape index (κ1) is 14.2. The van der Waals surface area contributed by atoms with Crippen LogP contribution >= 0.6 is 0 Å². The van der Waals surface area contributed by atoms with Gasteiger partial charge in [-0.25, -0.2) is 0 Å². The van der Waals surface area contributed by atoms with E-state index in [0.29, 0.717) is 0 Å². The van der Waals surface area contributed by atoms with E-state index in [9.17, 15) is 0 Å². The van der Waals surface area contributed by atoms with Gasteiger partial charge >= 0.3 is 0 Å². The fraction of sp³-hybridized carbons (Fsp3) is 0.786. The van der Waals surface area contributed by atoms with Gasteiger partial charge in [0, 0.05) is 18.9 Å². The number of nitrogens with zero attached hydrogens (tertiary/aromatic N) is 2. The van der Waals surface area contributed by atoms with Crippen LogP contribution in [-0.2, 0) is 13.5 Å². The van der Waals surface area contributed by atoms with Crippen molar-refractivity contribution in [2.45, 2.75) is 57.8 Å². The molecule has 0 aliphatic carbocycles. The van der Waals surface area contributed by atoms with Gasteiger partial charge in [0.1, 0.15) is 0 Å². The molecule has 0 aliphatic rings. The molecule has 3 nitrogen and oxygen atoms in total. The molecule has 3 heteroatoms. The van der Waals surface area contributed by atoms with E-state index in [1.165, 1.54) is 63.5 Å². The highest BCUT2D eigenvalue weighted by Gasteiger charge is 1.98. The van der Waals surface area contributed by atoms with E-state index in [0.717, 1.165) is 6.54 Å². The number of rotatable bonds is 10. The lowest BCUT2D eigenvalue weighted by atomic mass is 10.1. The Hall–Kier alpha value is -0.830. The van der Waals surface area contributed by atoms with E-state index in [1.54, 1.807) is 0 Å². The van der Waals surface area contributed by atoms with E-state index in [1.807, 2.05) is 17.9 Å². The van der Waals surface area contributed by atoms with Crippen molar-refractivity contribution in [2.75, 3.05) is 6.54 Å². The third-order valence-electron chi connectivity index (χ3n) is 3.31.